The van der Waals surface area contributed by atoms with Crippen LogP contribution in [-0.2, 0) is 11.3 Å². The molecule has 0 bridgehead atoms. The van der Waals surface area contributed by atoms with Gasteiger partial charge in [0, 0.05) is 28.8 Å². The lowest BCUT2D eigenvalue weighted by Gasteiger charge is -2.33. The van der Waals surface area contributed by atoms with Crippen LogP contribution < -0.4 is 19.5 Å². The van der Waals surface area contributed by atoms with Crippen molar-refractivity contribution in [2.75, 3.05) is 33.9 Å². The Morgan fingerprint density at radius 3 is 2.39 bits per heavy atom. The van der Waals surface area contributed by atoms with E-state index < -0.39 is 0 Å². The number of piperidine rings is 1. The number of nitrogens with one attached hydrogen (secondary N) is 1. The zero-order chi connectivity index (χ0) is 26.2. The lowest BCUT2D eigenvalue weighted by Crippen LogP contribution is -2.41. The highest BCUT2D eigenvalue weighted by Gasteiger charge is 2.28. The van der Waals surface area contributed by atoms with Gasteiger partial charge in [-0.3, -0.25) is 0 Å². The number of hydrogen-bond acceptors (Lipinski definition) is 5. The molecule has 0 aliphatic carbocycles. The van der Waals surface area contributed by atoms with E-state index in [-0.39, 0.29) is 6.10 Å². The van der Waals surface area contributed by atoms with Gasteiger partial charge in [0.1, 0.15) is 23.9 Å². The van der Waals surface area contributed by atoms with Crippen molar-refractivity contribution in [2.24, 2.45) is 0 Å². The summed E-state index contributed by atoms with van der Waals surface area (Å²) in [6.07, 6.45) is 5.18. The quantitative estimate of drug-likeness (QED) is 0.261. The molecule has 4 aromatic carbocycles. The number of rotatable bonds is 10. The molecule has 0 radical (unpaired) electrons. The molecule has 1 aliphatic rings. The summed E-state index contributed by atoms with van der Waals surface area (Å²) < 4.78 is 24.0. The molecule has 38 heavy (non-hydrogen) atoms. The van der Waals surface area contributed by atoms with Gasteiger partial charge in [0.05, 0.1) is 26.9 Å². The van der Waals surface area contributed by atoms with Gasteiger partial charge in [-0.1, -0.05) is 72.8 Å². The normalized spacial score (nSPS) is 17.5. The summed E-state index contributed by atoms with van der Waals surface area (Å²) in [6.45, 7) is 2.76. The largest absolute Gasteiger partial charge is 0.496 e. The second-order valence-corrected chi connectivity index (χ2v) is 9.46. The Morgan fingerprint density at radius 1 is 0.868 bits per heavy atom. The van der Waals surface area contributed by atoms with Crippen LogP contribution in [0.25, 0.3) is 16.8 Å². The van der Waals surface area contributed by atoms with Crippen LogP contribution in [0, 0.1) is 0 Å². The molecule has 0 saturated carbocycles. The van der Waals surface area contributed by atoms with Gasteiger partial charge >= 0.3 is 0 Å². The molecule has 1 fully saturated rings. The van der Waals surface area contributed by atoms with E-state index in [4.69, 9.17) is 18.9 Å². The van der Waals surface area contributed by atoms with E-state index in [9.17, 15) is 0 Å². The van der Waals surface area contributed by atoms with Crippen molar-refractivity contribution in [1.82, 2.24) is 5.32 Å². The number of fused-ring (bicyclic) bond motifs is 1. The molecule has 1 N–H and O–H groups in total. The average Bonchev–Trinajstić information content (AvgIpc) is 2.98. The highest BCUT2D eigenvalue weighted by Crippen LogP contribution is 2.38. The van der Waals surface area contributed by atoms with Gasteiger partial charge in [-0.15, -0.1) is 0 Å². The van der Waals surface area contributed by atoms with E-state index in [2.05, 4.69) is 59.9 Å². The molecule has 4 aromatic rings. The van der Waals surface area contributed by atoms with Gasteiger partial charge in [-0.2, -0.15) is 0 Å². The molecule has 5 rings (SSSR count). The second kappa shape index (κ2) is 12.6. The van der Waals surface area contributed by atoms with Crippen molar-refractivity contribution in [3.8, 4) is 17.2 Å². The van der Waals surface area contributed by atoms with Crippen molar-refractivity contribution < 1.29 is 18.9 Å². The van der Waals surface area contributed by atoms with Gasteiger partial charge in [0.15, 0.2) is 0 Å². The maximum Gasteiger partial charge on any atom is 0.132 e. The Labute approximate surface area is 225 Å². The van der Waals surface area contributed by atoms with Gasteiger partial charge in [-0.05, 0) is 48.4 Å². The zero-order valence-electron chi connectivity index (χ0n) is 22.1. The summed E-state index contributed by atoms with van der Waals surface area (Å²) in [5.74, 6) is 2.83. The van der Waals surface area contributed by atoms with E-state index in [1.54, 1.807) is 14.2 Å². The minimum Gasteiger partial charge on any atom is -0.496 e. The van der Waals surface area contributed by atoms with Crippen LogP contribution in [0.2, 0.25) is 0 Å². The molecule has 5 heteroatoms. The number of ether oxygens (including phenoxy) is 4. The predicted octanol–water partition coefficient (Wildman–Crippen LogP) is 6.61. The number of hydrogen-bond donors (Lipinski definition) is 1. The molecule has 196 valence electrons. The highest BCUT2D eigenvalue weighted by molar-refractivity contribution is 5.94. The zero-order valence-corrected chi connectivity index (χ0v) is 22.1. The molecule has 5 nitrogen and oxygen atoms in total. The van der Waals surface area contributed by atoms with Crippen LogP contribution in [0.15, 0.2) is 91.0 Å². The molecule has 2 atom stereocenters. The minimum atomic E-state index is 0.0477. The summed E-state index contributed by atoms with van der Waals surface area (Å²) in [4.78, 5) is 0. The van der Waals surface area contributed by atoms with Crippen molar-refractivity contribution in [2.45, 2.75) is 25.0 Å². The maximum atomic E-state index is 6.54. The van der Waals surface area contributed by atoms with Gasteiger partial charge < -0.3 is 24.3 Å². The fourth-order valence-corrected chi connectivity index (χ4v) is 5.17. The molecule has 0 amide bonds. The monoisotopic (exact) mass is 509 g/mol. The smallest absolute Gasteiger partial charge is 0.132 e. The van der Waals surface area contributed by atoms with Crippen LogP contribution in [0.3, 0.4) is 0 Å². The van der Waals surface area contributed by atoms with Crippen molar-refractivity contribution in [3.63, 3.8) is 0 Å². The third kappa shape index (κ3) is 6.01. The third-order valence-electron chi connectivity index (χ3n) is 7.10. The maximum absolute atomic E-state index is 6.54. The summed E-state index contributed by atoms with van der Waals surface area (Å²) >= 11 is 0. The summed E-state index contributed by atoms with van der Waals surface area (Å²) in [5, 5.41) is 5.56. The number of benzene rings is 4. The van der Waals surface area contributed by atoms with Crippen molar-refractivity contribution in [3.05, 3.63) is 108 Å². The van der Waals surface area contributed by atoms with Crippen LogP contribution in [0.5, 0.6) is 17.2 Å². The first kappa shape index (κ1) is 25.8. The average molecular weight is 510 g/mol. The highest BCUT2D eigenvalue weighted by atomic mass is 16.5. The van der Waals surface area contributed by atoms with Crippen LogP contribution in [0.1, 0.15) is 29.0 Å². The molecule has 1 heterocycles. The minimum absolute atomic E-state index is 0.0477. The topological polar surface area (TPSA) is 49.0 Å². The first-order valence-corrected chi connectivity index (χ1v) is 13.2. The van der Waals surface area contributed by atoms with Gasteiger partial charge in [-0.25, -0.2) is 0 Å². The first-order valence-electron chi connectivity index (χ1n) is 13.2. The molecule has 0 spiro atoms. The van der Waals surface area contributed by atoms with E-state index in [1.165, 1.54) is 11.1 Å². The Morgan fingerprint density at radius 2 is 1.63 bits per heavy atom. The van der Waals surface area contributed by atoms with Crippen molar-refractivity contribution in [1.29, 1.82) is 0 Å². The molecular weight excluding hydrogens is 474 g/mol. The Balaban J connectivity index is 1.25. The molecule has 0 aromatic heterocycles. The standard InChI is InChI=1S/C33H35NO4/c1-35-31-21-26(33(36-2)30-13-7-6-12-29(30)31)23-38-32-22-34-19-18-28(32)25-14-16-27(17-15-25)37-20-8-11-24-9-4-3-5-10-24/h3-17,21,28,32,34H,18-20,22-23H2,1-2H3/b11-8+. The first-order chi connectivity index (χ1) is 18.8. The van der Waals surface area contributed by atoms with Crippen LogP contribution in [0.4, 0.5) is 0 Å². The third-order valence-corrected chi connectivity index (χ3v) is 7.10. The fourth-order valence-electron chi connectivity index (χ4n) is 5.17. The van der Waals surface area contributed by atoms with E-state index >= 15 is 0 Å². The van der Waals surface area contributed by atoms with Crippen molar-refractivity contribution >= 4 is 16.8 Å². The Hall–Kier alpha value is -3.80. The number of methoxy groups -OCH3 is 2. The molecule has 1 aliphatic heterocycles. The van der Waals surface area contributed by atoms with E-state index in [1.807, 2.05) is 42.5 Å². The summed E-state index contributed by atoms with van der Waals surface area (Å²) in [6, 6.07) is 28.9. The van der Waals surface area contributed by atoms with E-state index in [0.717, 1.165) is 53.1 Å². The SMILES string of the molecule is COc1cc(COC2CNCCC2c2ccc(OC/C=C/c3ccccc3)cc2)c(OC)c2ccccc12. The summed E-state index contributed by atoms with van der Waals surface area (Å²) in [5.41, 5.74) is 3.43. The predicted molar refractivity (Wildman–Crippen MR) is 153 cm³/mol. The lowest BCUT2D eigenvalue weighted by atomic mass is 9.87. The van der Waals surface area contributed by atoms with Crippen LogP contribution >= 0.6 is 0 Å². The Kier molecular flexibility index (Phi) is 8.59. The fraction of sp³-hybridized carbons (Fsp3) is 0.273. The molecular formula is C33H35NO4. The second-order valence-electron chi connectivity index (χ2n) is 9.46. The summed E-state index contributed by atoms with van der Waals surface area (Å²) in [7, 11) is 3.41. The van der Waals surface area contributed by atoms with E-state index in [0.29, 0.717) is 19.1 Å². The molecule has 2 unspecified atom stereocenters. The van der Waals surface area contributed by atoms with Gasteiger partial charge in [0.2, 0.25) is 0 Å². The lowest BCUT2D eigenvalue weighted by molar-refractivity contribution is 0.00983. The Bertz CT molecular complexity index is 1350. The molecule has 1 saturated heterocycles. The van der Waals surface area contributed by atoms with Crippen LogP contribution in [-0.4, -0.2) is 40.0 Å². The van der Waals surface area contributed by atoms with Gasteiger partial charge in [0.25, 0.3) is 0 Å².